The van der Waals surface area contributed by atoms with Crippen molar-refractivity contribution in [2.45, 2.75) is 39.5 Å². The zero-order valence-corrected chi connectivity index (χ0v) is 19.9. The molecule has 3 atom stereocenters. The highest BCUT2D eigenvalue weighted by Gasteiger charge is 2.48. The maximum atomic E-state index is 13.0. The van der Waals surface area contributed by atoms with E-state index in [2.05, 4.69) is 0 Å². The van der Waals surface area contributed by atoms with Crippen LogP contribution in [0.15, 0.2) is 60.2 Å². The number of hydrogen-bond donors (Lipinski definition) is 0. The summed E-state index contributed by atoms with van der Waals surface area (Å²) in [6, 6.07) is 14.2. The fourth-order valence-corrected chi connectivity index (χ4v) is 5.35. The lowest BCUT2D eigenvalue weighted by atomic mass is 9.82. The van der Waals surface area contributed by atoms with Gasteiger partial charge in [-0.3, -0.25) is 19.2 Å². The van der Waals surface area contributed by atoms with E-state index in [4.69, 9.17) is 4.74 Å². The number of imide groups is 1. The quantitative estimate of drug-likeness (QED) is 0.284. The van der Waals surface area contributed by atoms with Gasteiger partial charge in [0.2, 0.25) is 17.7 Å². The van der Waals surface area contributed by atoms with Crippen molar-refractivity contribution < 1.29 is 23.9 Å². The predicted molar refractivity (Wildman–Crippen MR) is 131 cm³/mol. The number of ether oxygens (including phenoxy) is 1. The van der Waals surface area contributed by atoms with Gasteiger partial charge in [0.05, 0.1) is 23.4 Å². The van der Waals surface area contributed by atoms with E-state index in [0.717, 1.165) is 23.2 Å². The van der Waals surface area contributed by atoms with Gasteiger partial charge >= 0.3 is 5.97 Å². The Hall–Kier alpha value is -3.74. The molecule has 180 valence electrons. The van der Waals surface area contributed by atoms with Crippen molar-refractivity contribution in [3.05, 3.63) is 65.7 Å². The summed E-state index contributed by atoms with van der Waals surface area (Å²) in [5, 5.41) is 0. The Labute approximate surface area is 204 Å². The van der Waals surface area contributed by atoms with E-state index in [1.165, 1.54) is 4.90 Å². The highest BCUT2D eigenvalue weighted by Crippen LogP contribution is 2.40. The van der Waals surface area contributed by atoms with E-state index in [-0.39, 0.29) is 48.3 Å². The number of aryl methyl sites for hydroxylation is 1. The van der Waals surface area contributed by atoms with Crippen molar-refractivity contribution in [2.24, 2.45) is 17.8 Å². The summed E-state index contributed by atoms with van der Waals surface area (Å²) in [5.74, 6) is -2.04. The van der Waals surface area contributed by atoms with Gasteiger partial charge in [-0.25, -0.2) is 4.90 Å². The Morgan fingerprint density at radius 3 is 2.57 bits per heavy atom. The number of hydrogen-bond acceptors (Lipinski definition) is 5. The van der Waals surface area contributed by atoms with Crippen LogP contribution in [0.1, 0.15) is 38.7 Å². The minimum atomic E-state index is -0.594. The van der Waals surface area contributed by atoms with Crippen LogP contribution in [0.3, 0.4) is 0 Å². The third kappa shape index (κ3) is 4.16. The molecule has 0 spiro atoms. The van der Waals surface area contributed by atoms with Crippen molar-refractivity contribution in [1.29, 1.82) is 0 Å². The SMILES string of the molecule is CCc1ccccc1N1C[C@H](C(=O)Oc2cccc(N3C(=O)[C@H]4CC(C)=CC[C@H]4C3=O)c2)CC1=O. The van der Waals surface area contributed by atoms with Crippen LogP contribution in [-0.4, -0.2) is 30.2 Å². The van der Waals surface area contributed by atoms with Crippen LogP contribution in [0.2, 0.25) is 0 Å². The third-order valence-electron chi connectivity index (χ3n) is 7.24. The fourth-order valence-electron chi connectivity index (χ4n) is 5.35. The first-order valence-corrected chi connectivity index (χ1v) is 12.1. The summed E-state index contributed by atoms with van der Waals surface area (Å²) in [5.41, 5.74) is 3.40. The Balaban J connectivity index is 1.30. The molecule has 7 nitrogen and oxygen atoms in total. The van der Waals surface area contributed by atoms with Crippen molar-refractivity contribution in [1.82, 2.24) is 0 Å². The number of carbonyl (C=O) groups is 4. The van der Waals surface area contributed by atoms with Gasteiger partial charge in [0, 0.05) is 24.7 Å². The molecule has 2 aromatic carbocycles. The van der Waals surface area contributed by atoms with Gasteiger partial charge in [-0.05, 0) is 49.9 Å². The molecule has 0 aromatic heterocycles. The monoisotopic (exact) mass is 472 g/mol. The van der Waals surface area contributed by atoms with E-state index in [1.54, 1.807) is 29.2 Å². The van der Waals surface area contributed by atoms with E-state index in [0.29, 0.717) is 18.5 Å². The summed E-state index contributed by atoms with van der Waals surface area (Å²) in [6.07, 6.45) is 4.05. The Morgan fingerprint density at radius 2 is 1.77 bits per heavy atom. The molecule has 2 aromatic rings. The molecule has 2 fully saturated rings. The minimum Gasteiger partial charge on any atom is -0.426 e. The number of rotatable bonds is 5. The number of amides is 3. The van der Waals surface area contributed by atoms with E-state index >= 15 is 0 Å². The molecule has 3 amide bonds. The summed E-state index contributed by atoms with van der Waals surface area (Å²) >= 11 is 0. The van der Waals surface area contributed by atoms with Gasteiger partial charge < -0.3 is 9.64 Å². The zero-order chi connectivity index (χ0) is 24.7. The lowest BCUT2D eigenvalue weighted by molar-refractivity contribution is -0.139. The molecule has 0 unspecified atom stereocenters. The average molecular weight is 473 g/mol. The second-order valence-corrected chi connectivity index (χ2v) is 9.52. The van der Waals surface area contributed by atoms with Gasteiger partial charge in [0.1, 0.15) is 5.75 Å². The number of fused-ring (bicyclic) bond motifs is 1. The van der Waals surface area contributed by atoms with E-state index < -0.39 is 11.9 Å². The molecule has 0 N–H and O–H groups in total. The minimum absolute atomic E-state index is 0.0788. The van der Waals surface area contributed by atoms with E-state index in [1.807, 2.05) is 44.2 Å². The molecule has 0 saturated carbocycles. The molecule has 0 bridgehead atoms. The second kappa shape index (κ2) is 9.13. The molecular formula is C28H28N2O5. The van der Waals surface area contributed by atoms with Crippen molar-refractivity contribution >= 4 is 35.1 Å². The smallest absolute Gasteiger partial charge is 0.316 e. The van der Waals surface area contributed by atoms with Crippen molar-refractivity contribution in [3.8, 4) is 5.75 Å². The summed E-state index contributed by atoms with van der Waals surface area (Å²) in [6.45, 7) is 4.26. The number of nitrogens with zero attached hydrogens (tertiary/aromatic N) is 2. The highest BCUT2D eigenvalue weighted by atomic mass is 16.5. The first-order valence-electron chi connectivity index (χ1n) is 12.1. The predicted octanol–water partition coefficient (Wildman–Crippen LogP) is 4.05. The molecule has 0 radical (unpaired) electrons. The molecular weight excluding hydrogens is 444 g/mol. The van der Waals surface area contributed by atoms with Crippen LogP contribution >= 0.6 is 0 Å². The van der Waals surface area contributed by atoms with Crippen LogP contribution in [0.25, 0.3) is 0 Å². The summed E-state index contributed by atoms with van der Waals surface area (Å²) < 4.78 is 5.62. The number of para-hydroxylation sites is 1. The first kappa shape index (κ1) is 23.0. The standard InChI is InChI=1S/C28H28N2O5/c1-3-18-7-4-5-10-24(18)29-16-19(14-25(29)31)28(34)35-21-9-6-8-20(15-21)30-26(32)22-12-11-17(2)13-23(22)27(30)33/h4-11,15,19,22-23H,3,12-14,16H2,1-2H3/t19-,22-,23+/m1/s1. The zero-order valence-electron chi connectivity index (χ0n) is 19.9. The van der Waals surface area contributed by atoms with Crippen molar-refractivity contribution in [2.75, 3.05) is 16.3 Å². The van der Waals surface area contributed by atoms with Gasteiger partial charge in [-0.1, -0.05) is 42.8 Å². The topological polar surface area (TPSA) is 84.0 Å². The Bertz CT molecular complexity index is 1250. The molecule has 3 aliphatic rings. The second-order valence-electron chi connectivity index (χ2n) is 9.52. The highest BCUT2D eigenvalue weighted by molar-refractivity contribution is 6.22. The lowest BCUT2D eigenvalue weighted by Gasteiger charge is -2.20. The van der Waals surface area contributed by atoms with Crippen LogP contribution < -0.4 is 14.5 Å². The molecule has 2 heterocycles. The van der Waals surface area contributed by atoms with E-state index in [9.17, 15) is 19.2 Å². The Morgan fingerprint density at radius 1 is 1.00 bits per heavy atom. The largest absolute Gasteiger partial charge is 0.426 e. The normalized spacial score (nSPS) is 24.0. The van der Waals surface area contributed by atoms with Gasteiger partial charge in [0.25, 0.3) is 0 Å². The van der Waals surface area contributed by atoms with Crippen LogP contribution in [0.4, 0.5) is 11.4 Å². The van der Waals surface area contributed by atoms with Gasteiger partial charge in [-0.2, -0.15) is 0 Å². The van der Waals surface area contributed by atoms with Crippen molar-refractivity contribution in [3.63, 3.8) is 0 Å². The number of anilines is 2. The Kier molecular flexibility index (Phi) is 6.01. The third-order valence-corrected chi connectivity index (χ3v) is 7.24. The molecule has 2 aliphatic heterocycles. The number of benzene rings is 2. The number of carbonyl (C=O) groups excluding carboxylic acids is 4. The van der Waals surface area contributed by atoms with Crippen LogP contribution in [0.5, 0.6) is 5.75 Å². The van der Waals surface area contributed by atoms with Crippen LogP contribution in [0, 0.1) is 17.8 Å². The van der Waals surface area contributed by atoms with Gasteiger partial charge in [-0.15, -0.1) is 0 Å². The number of allylic oxidation sites excluding steroid dienone is 2. The molecule has 1 aliphatic carbocycles. The van der Waals surface area contributed by atoms with Crippen LogP contribution in [-0.2, 0) is 25.6 Å². The first-order chi connectivity index (χ1) is 16.9. The maximum Gasteiger partial charge on any atom is 0.316 e. The lowest BCUT2D eigenvalue weighted by Crippen LogP contribution is -2.31. The summed E-state index contributed by atoms with van der Waals surface area (Å²) in [7, 11) is 0. The summed E-state index contributed by atoms with van der Waals surface area (Å²) in [4.78, 5) is 54.5. The molecule has 5 rings (SSSR count). The maximum absolute atomic E-state index is 13.0. The van der Waals surface area contributed by atoms with Gasteiger partial charge in [0.15, 0.2) is 0 Å². The fraction of sp³-hybridized carbons (Fsp3) is 0.357. The number of esters is 1. The average Bonchev–Trinajstić information content (AvgIpc) is 3.36. The molecule has 2 saturated heterocycles. The molecule has 7 heteroatoms. The molecule has 35 heavy (non-hydrogen) atoms.